The van der Waals surface area contributed by atoms with Crippen molar-refractivity contribution in [1.82, 2.24) is 9.88 Å². The van der Waals surface area contributed by atoms with Crippen molar-refractivity contribution in [2.45, 2.75) is 13.3 Å². The molecule has 150 valence electrons. The first-order valence-electron chi connectivity index (χ1n) is 8.65. The second kappa shape index (κ2) is 8.74. The van der Waals surface area contributed by atoms with E-state index in [-0.39, 0.29) is 28.5 Å². The van der Waals surface area contributed by atoms with Crippen molar-refractivity contribution in [2.75, 3.05) is 13.7 Å². The zero-order valence-electron chi connectivity index (χ0n) is 15.7. The standard InChI is InChI=1S/C19H17N3O6S/c1-3-9-21-18(23)16(29-19(21)24)11-12-6-7-14(15(10-12)27-2)28-17-13(22(25)26)5-4-8-20-17/h4-8,10-11H,3,9H2,1-2H3/b16-11-. The Morgan fingerprint density at radius 3 is 2.76 bits per heavy atom. The van der Waals surface area contributed by atoms with Crippen molar-refractivity contribution >= 4 is 34.7 Å². The minimum absolute atomic E-state index is 0.163. The number of thioether (sulfide) groups is 1. The van der Waals surface area contributed by atoms with Gasteiger partial charge in [0.25, 0.3) is 17.0 Å². The number of pyridine rings is 1. The number of carbonyl (C=O) groups excluding carboxylic acids is 2. The average molecular weight is 415 g/mol. The molecule has 0 aliphatic carbocycles. The molecule has 2 amide bonds. The van der Waals surface area contributed by atoms with Gasteiger partial charge in [0.2, 0.25) is 0 Å². The van der Waals surface area contributed by atoms with Gasteiger partial charge in [-0.25, -0.2) is 4.98 Å². The molecule has 1 fully saturated rings. The van der Waals surface area contributed by atoms with Crippen molar-refractivity contribution in [2.24, 2.45) is 0 Å². The Labute approximate surface area is 170 Å². The van der Waals surface area contributed by atoms with E-state index in [2.05, 4.69) is 4.98 Å². The fraction of sp³-hybridized carbons (Fsp3) is 0.211. The quantitative estimate of drug-likeness (QED) is 0.375. The van der Waals surface area contributed by atoms with E-state index in [0.29, 0.717) is 29.2 Å². The van der Waals surface area contributed by atoms with Crippen molar-refractivity contribution in [1.29, 1.82) is 0 Å². The van der Waals surface area contributed by atoms with Gasteiger partial charge in [-0.3, -0.25) is 24.6 Å². The molecule has 9 nitrogen and oxygen atoms in total. The summed E-state index contributed by atoms with van der Waals surface area (Å²) in [6, 6.07) is 7.55. The second-order valence-electron chi connectivity index (χ2n) is 5.93. The maximum atomic E-state index is 12.4. The molecule has 1 aromatic carbocycles. The van der Waals surface area contributed by atoms with Gasteiger partial charge in [-0.15, -0.1) is 0 Å². The molecule has 10 heteroatoms. The van der Waals surface area contributed by atoms with Crippen LogP contribution in [-0.4, -0.2) is 39.6 Å². The van der Waals surface area contributed by atoms with Crippen LogP contribution in [-0.2, 0) is 4.79 Å². The van der Waals surface area contributed by atoms with Crippen LogP contribution in [0.5, 0.6) is 17.4 Å². The number of ether oxygens (including phenoxy) is 2. The number of carbonyl (C=O) groups is 2. The summed E-state index contributed by atoms with van der Waals surface area (Å²) >= 11 is 0.884. The Balaban J connectivity index is 1.88. The van der Waals surface area contributed by atoms with E-state index < -0.39 is 4.92 Å². The van der Waals surface area contributed by atoms with Crippen molar-refractivity contribution < 1.29 is 24.0 Å². The Morgan fingerprint density at radius 1 is 1.28 bits per heavy atom. The molecule has 0 unspecified atom stereocenters. The van der Waals surface area contributed by atoms with Crippen molar-refractivity contribution in [3.05, 3.63) is 57.1 Å². The lowest BCUT2D eigenvalue weighted by Gasteiger charge is -2.11. The summed E-state index contributed by atoms with van der Waals surface area (Å²) in [6.45, 7) is 2.27. The topological polar surface area (TPSA) is 112 Å². The molecule has 1 aromatic heterocycles. The number of methoxy groups -OCH3 is 1. The van der Waals surface area contributed by atoms with E-state index in [4.69, 9.17) is 9.47 Å². The third kappa shape index (κ3) is 4.37. The van der Waals surface area contributed by atoms with Gasteiger partial charge in [0.1, 0.15) is 0 Å². The maximum Gasteiger partial charge on any atom is 0.331 e. The highest BCUT2D eigenvalue weighted by Crippen LogP contribution is 2.37. The van der Waals surface area contributed by atoms with Crippen LogP contribution in [0.2, 0.25) is 0 Å². The molecule has 1 aliphatic heterocycles. The van der Waals surface area contributed by atoms with E-state index in [1.807, 2.05) is 6.92 Å². The van der Waals surface area contributed by atoms with Crippen LogP contribution in [0.4, 0.5) is 10.5 Å². The molecule has 2 heterocycles. The van der Waals surface area contributed by atoms with Crippen LogP contribution in [0.1, 0.15) is 18.9 Å². The van der Waals surface area contributed by atoms with Gasteiger partial charge in [-0.1, -0.05) is 13.0 Å². The van der Waals surface area contributed by atoms with Gasteiger partial charge in [0, 0.05) is 18.8 Å². The van der Waals surface area contributed by atoms with Crippen LogP contribution in [0.15, 0.2) is 41.4 Å². The number of aromatic nitrogens is 1. The molecule has 2 aromatic rings. The molecule has 0 atom stereocenters. The first-order valence-corrected chi connectivity index (χ1v) is 9.47. The predicted octanol–water partition coefficient (Wildman–Crippen LogP) is 4.24. The number of benzene rings is 1. The zero-order chi connectivity index (χ0) is 21.0. The third-order valence-corrected chi connectivity index (χ3v) is 4.87. The zero-order valence-corrected chi connectivity index (χ0v) is 16.5. The van der Waals surface area contributed by atoms with E-state index in [1.165, 1.54) is 30.3 Å². The Morgan fingerprint density at radius 2 is 2.07 bits per heavy atom. The largest absolute Gasteiger partial charge is 0.493 e. The number of rotatable bonds is 7. The summed E-state index contributed by atoms with van der Waals surface area (Å²) in [7, 11) is 1.42. The second-order valence-corrected chi connectivity index (χ2v) is 6.92. The highest BCUT2D eigenvalue weighted by Gasteiger charge is 2.34. The van der Waals surface area contributed by atoms with E-state index in [0.717, 1.165) is 11.8 Å². The molecule has 0 radical (unpaired) electrons. The summed E-state index contributed by atoms with van der Waals surface area (Å²) in [6.07, 6.45) is 3.66. The van der Waals surface area contributed by atoms with E-state index in [1.54, 1.807) is 24.3 Å². The SMILES string of the molecule is CCCN1C(=O)S/C(=C\c2ccc(Oc3ncccc3[N+](=O)[O-])c(OC)c2)C1=O. The number of nitrogens with zero attached hydrogens (tertiary/aromatic N) is 3. The Hall–Kier alpha value is -3.40. The lowest BCUT2D eigenvalue weighted by atomic mass is 10.2. The molecule has 1 aliphatic rings. The minimum atomic E-state index is -0.588. The molecule has 1 saturated heterocycles. The van der Waals surface area contributed by atoms with Crippen molar-refractivity contribution in [3.8, 4) is 17.4 Å². The fourth-order valence-electron chi connectivity index (χ4n) is 2.63. The average Bonchev–Trinajstić information content (AvgIpc) is 2.97. The molecule has 0 bridgehead atoms. The number of imide groups is 1. The fourth-order valence-corrected chi connectivity index (χ4v) is 3.50. The number of nitro groups is 1. The Kier molecular flexibility index (Phi) is 6.13. The first kappa shape index (κ1) is 20.3. The van der Waals surface area contributed by atoms with Gasteiger partial charge in [-0.05, 0) is 48.0 Å². The van der Waals surface area contributed by atoms with Gasteiger partial charge >= 0.3 is 5.69 Å². The van der Waals surface area contributed by atoms with Crippen LogP contribution in [0.3, 0.4) is 0 Å². The first-order chi connectivity index (χ1) is 13.9. The highest BCUT2D eigenvalue weighted by atomic mass is 32.2. The molecule has 0 saturated carbocycles. The summed E-state index contributed by atoms with van der Waals surface area (Å²) in [4.78, 5) is 40.3. The van der Waals surface area contributed by atoms with Crippen LogP contribution >= 0.6 is 11.8 Å². The number of hydrogen-bond donors (Lipinski definition) is 0. The van der Waals surface area contributed by atoms with Crippen LogP contribution < -0.4 is 9.47 Å². The summed E-state index contributed by atoms with van der Waals surface area (Å²) < 4.78 is 10.9. The van der Waals surface area contributed by atoms with E-state index in [9.17, 15) is 19.7 Å². The molecule has 3 rings (SSSR count). The predicted molar refractivity (Wildman–Crippen MR) is 107 cm³/mol. The van der Waals surface area contributed by atoms with Gasteiger partial charge in [-0.2, -0.15) is 0 Å². The lowest BCUT2D eigenvalue weighted by molar-refractivity contribution is -0.386. The molecule has 0 spiro atoms. The molecular formula is C19H17N3O6S. The molecular weight excluding hydrogens is 398 g/mol. The monoisotopic (exact) mass is 415 g/mol. The summed E-state index contributed by atoms with van der Waals surface area (Å²) in [5.74, 6) is 0.0338. The summed E-state index contributed by atoms with van der Waals surface area (Å²) in [5, 5.41) is 10.8. The maximum absolute atomic E-state index is 12.4. The smallest absolute Gasteiger partial charge is 0.331 e. The van der Waals surface area contributed by atoms with Crippen LogP contribution in [0, 0.1) is 10.1 Å². The van der Waals surface area contributed by atoms with Gasteiger partial charge < -0.3 is 9.47 Å². The third-order valence-electron chi connectivity index (χ3n) is 3.96. The normalized spacial score (nSPS) is 15.1. The highest BCUT2D eigenvalue weighted by molar-refractivity contribution is 8.18. The summed E-state index contributed by atoms with van der Waals surface area (Å²) in [5.41, 5.74) is 0.343. The lowest BCUT2D eigenvalue weighted by Crippen LogP contribution is -2.28. The van der Waals surface area contributed by atoms with Crippen molar-refractivity contribution in [3.63, 3.8) is 0 Å². The van der Waals surface area contributed by atoms with E-state index >= 15 is 0 Å². The molecule has 0 N–H and O–H groups in total. The Bertz CT molecular complexity index is 1010. The molecule has 29 heavy (non-hydrogen) atoms. The van der Waals surface area contributed by atoms with Gasteiger partial charge in [0.15, 0.2) is 11.5 Å². The minimum Gasteiger partial charge on any atom is -0.493 e. The number of hydrogen-bond acceptors (Lipinski definition) is 8. The van der Waals surface area contributed by atoms with Crippen LogP contribution in [0.25, 0.3) is 6.08 Å². The number of amides is 2. The van der Waals surface area contributed by atoms with Gasteiger partial charge in [0.05, 0.1) is 16.9 Å².